The van der Waals surface area contributed by atoms with Gasteiger partial charge in [-0.3, -0.25) is 0 Å². The van der Waals surface area contributed by atoms with Crippen LogP contribution >= 0.6 is 35.0 Å². The first kappa shape index (κ1) is 13.5. The van der Waals surface area contributed by atoms with Crippen LogP contribution in [-0.4, -0.2) is 16.0 Å². The van der Waals surface area contributed by atoms with Gasteiger partial charge < -0.3 is 5.73 Å². The van der Waals surface area contributed by atoms with Gasteiger partial charge in [0.15, 0.2) is 0 Å². The number of thioether (sulfide) groups is 1. The lowest BCUT2D eigenvalue weighted by Gasteiger charge is -2.10. The molecule has 0 spiro atoms. The third kappa shape index (κ3) is 2.43. The molecule has 96 valence electrons. The smallest absolute Gasteiger partial charge is 0.128 e. The summed E-state index contributed by atoms with van der Waals surface area (Å²) in [5, 5.41) is 5.66. The SMILES string of the molecule is CSc1cc(N)n(-c2c(Cl)cc(CF)cc2Cl)n1. The molecule has 2 N–H and O–H groups in total. The van der Waals surface area contributed by atoms with Crippen molar-refractivity contribution in [2.45, 2.75) is 11.7 Å². The average molecular weight is 306 g/mol. The van der Waals surface area contributed by atoms with E-state index >= 15 is 0 Å². The zero-order valence-corrected chi connectivity index (χ0v) is 11.8. The standard InChI is InChI=1S/C11H10Cl2FN3S/c1-18-10-4-9(15)17(16-10)11-7(12)2-6(5-14)3-8(11)13/h2-4H,5,15H2,1H3. The first-order valence-electron chi connectivity index (χ1n) is 5.00. The van der Waals surface area contributed by atoms with Gasteiger partial charge in [-0.05, 0) is 24.0 Å². The van der Waals surface area contributed by atoms with Gasteiger partial charge in [-0.1, -0.05) is 23.2 Å². The van der Waals surface area contributed by atoms with Crippen molar-refractivity contribution >= 4 is 40.8 Å². The molecular weight excluding hydrogens is 296 g/mol. The van der Waals surface area contributed by atoms with E-state index in [1.54, 1.807) is 6.07 Å². The third-order valence-electron chi connectivity index (χ3n) is 2.37. The number of nitrogen functional groups attached to an aromatic ring is 1. The van der Waals surface area contributed by atoms with Gasteiger partial charge in [0.05, 0.1) is 10.0 Å². The minimum atomic E-state index is -0.621. The highest BCUT2D eigenvalue weighted by Crippen LogP contribution is 2.32. The van der Waals surface area contributed by atoms with Gasteiger partial charge in [0, 0.05) is 6.07 Å². The molecule has 0 atom stereocenters. The number of hydrogen-bond acceptors (Lipinski definition) is 3. The van der Waals surface area contributed by atoms with Crippen molar-refractivity contribution in [3.63, 3.8) is 0 Å². The van der Waals surface area contributed by atoms with Crippen molar-refractivity contribution in [3.05, 3.63) is 33.8 Å². The Labute approximate surface area is 118 Å². The number of nitrogens with zero attached hydrogens (tertiary/aromatic N) is 2. The highest BCUT2D eigenvalue weighted by molar-refractivity contribution is 7.98. The monoisotopic (exact) mass is 305 g/mol. The van der Waals surface area contributed by atoms with Crippen molar-refractivity contribution in [1.29, 1.82) is 0 Å². The third-order valence-corrected chi connectivity index (χ3v) is 3.56. The van der Waals surface area contributed by atoms with Gasteiger partial charge in [-0.15, -0.1) is 11.8 Å². The number of anilines is 1. The normalized spacial score (nSPS) is 10.9. The molecule has 0 fully saturated rings. The van der Waals surface area contributed by atoms with Crippen LogP contribution in [0, 0.1) is 0 Å². The van der Waals surface area contributed by atoms with E-state index in [1.807, 2.05) is 6.26 Å². The molecule has 0 saturated carbocycles. The molecule has 0 aliphatic rings. The predicted molar refractivity (Wildman–Crippen MR) is 74.6 cm³/mol. The van der Waals surface area contributed by atoms with Crippen LogP contribution in [0.3, 0.4) is 0 Å². The van der Waals surface area contributed by atoms with Crippen LogP contribution in [0.15, 0.2) is 23.2 Å². The number of aromatic nitrogens is 2. The summed E-state index contributed by atoms with van der Waals surface area (Å²) in [5.74, 6) is 0.427. The zero-order chi connectivity index (χ0) is 13.3. The number of hydrogen-bond donors (Lipinski definition) is 1. The molecule has 18 heavy (non-hydrogen) atoms. The molecule has 2 rings (SSSR count). The van der Waals surface area contributed by atoms with Gasteiger partial charge in [-0.25, -0.2) is 9.07 Å². The molecule has 0 bridgehead atoms. The second kappa shape index (κ2) is 5.38. The summed E-state index contributed by atoms with van der Waals surface area (Å²) in [4.78, 5) is 0. The Morgan fingerprint density at radius 2 is 1.94 bits per heavy atom. The number of alkyl halides is 1. The number of nitrogens with two attached hydrogens (primary N) is 1. The maximum Gasteiger partial charge on any atom is 0.128 e. The Morgan fingerprint density at radius 1 is 1.33 bits per heavy atom. The second-order valence-electron chi connectivity index (χ2n) is 3.57. The van der Waals surface area contributed by atoms with Gasteiger partial charge in [0.25, 0.3) is 0 Å². The molecule has 0 unspecified atom stereocenters. The average Bonchev–Trinajstić information content (AvgIpc) is 2.70. The Kier molecular flexibility index (Phi) is 4.04. The lowest BCUT2D eigenvalue weighted by molar-refractivity contribution is 0.485. The number of rotatable bonds is 3. The quantitative estimate of drug-likeness (QED) is 0.873. The van der Waals surface area contributed by atoms with Crippen LogP contribution in [0.2, 0.25) is 10.0 Å². The molecule has 0 amide bonds. The molecule has 1 aromatic heterocycles. The molecule has 1 aromatic carbocycles. The molecule has 0 aliphatic heterocycles. The lowest BCUT2D eigenvalue weighted by Crippen LogP contribution is -2.03. The molecule has 1 heterocycles. The summed E-state index contributed by atoms with van der Waals surface area (Å²) in [5.41, 5.74) is 6.74. The fourth-order valence-electron chi connectivity index (χ4n) is 1.55. The summed E-state index contributed by atoms with van der Waals surface area (Å²) >= 11 is 13.7. The Balaban J connectivity index is 2.59. The highest BCUT2D eigenvalue weighted by atomic mass is 35.5. The van der Waals surface area contributed by atoms with Crippen molar-refractivity contribution in [3.8, 4) is 5.69 Å². The van der Waals surface area contributed by atoms with Gasteiger partial charge in [0.1, 0.15) is 23.2 Å². The van der Waals surface area contributed by atoms with E-state index < -0.39 is 6.67 Å². The van der Waals surface area contributed by atoms with Crippen LogP contribution in [0.1, 0.15) is 5.56 Å². The van der Waals surface area contributed by atoms with Gasteiger partial charge >= 0.3 is 0 Å². The molecule has 3 nitrogen and oxygen atoms in total. The van der Waals surface area contributed by atoms with Crippen molar-refractivity contribution in [2.75, 3.05) is 12.0 Å². The van der Waals surface area contributed by atoms with E-state index in [-0.39, 0.29) is 0 Å². The summed E-state index contributed by atoms with van der Waals surface area (Å²) in [6.07, 6.45) is 1.89. The maximum atomic E-state index is 12.6. The maximum absolute atomic E-state index is 12.6. The van der Waals surface area contributed by atoms with E-state index in [4.69, 9.17) is 28.9 Å². The molecule has 0 saturated heterocycles. The lowest BCUT2D eigenvalue weighted by atomic mass is 10.2. The predicted octanol–water partition coefficient (Wildman–Crippen LogP) is 3.95. The number of halogens is 3. The second-order valence-corrected chi connectivity index (χ2v) is 5.21. The van der Waals surface area contributed by atoms with Crippen molar-refractivity contribution in [1.82, 2.24) is 9.78 Å². The van der Waals surface area contributed by atoms with E-state index in [9.17, 15) is 4.39 Å². The van der Waals surface area contributed by atoms with E-state index in [1.165, 1.54) is 28.6 Å². The number of benzene rings is 1. The minimum absolute atomic E-state index is 0.317. The van der Waals surface area contributed by atoms with Crippen molar-refractivity contribution in [2.24, 2.45) is 0 Å². The van der Waals surface area contributed by atoms with Gasteiger partial charge in [0.2, 0.25) is 0 Å². The van der Waals surface area contributed by atoms with E-state index in [0.29, 0.717) is 27.1 Å². The van der Waals surface area contributed by atoms with E-state index in [2.05, 4.69) is 5.10 Å². The van der Waals surface area contributed by atoms with Crippen LogP contribution in [0.4, 0.5) is 10.2 Å². The van der Waals surface area contributed by atoms with Crippen LogP contribution in [-0.2, 0) is 6.67 Å². The summed E-state index contributed by atoms with van der Waals surface area (Å²) in [6.45, 7) is -0.621. The van der Waals surface area contributed by atoms with Gasteiger partial charge in [-0.2, -0.15) is 5.10 Å². The highest BCUT2D eigenvalue weighted by Gasteiger charge is 2.14. The topological polar surface area (TPSA) is 43.8 Å². The van der Waals surface area contributed by atoms with Crippen LogP contribution in [0.25, 0.3) is 5.69 Å². The van der Waals surface area contributed by atoms with E-state index in [0.717, 1.165) is 5.03 Å². The molecule has 0 aliphatic carbocycles. The Morgan fingerprint density at radius 3 is 2.39 bits per heavy atom. The zero-order valence-electron chi connectivity index (χ0n) is 9.45. The Bertz CT molecular complexity index is 563. The minimum Gasteiger partial charge on any atom is -0.384 e. The fourth-order valence-corrected chi connectivity index (χ4v) is 2.64. The molecule has 0 radical (unpaired) electrons. The van der Waals surface area contributed by atoms with Crippen LogP contribution in [0.5, 0.6) is 0 Å². The first-order valence-corrected chi connectivity index (χ1v) is 6.98. The fraction of sp³-hybridized carbons (Fsp3) is 0.182. The summed E-state index contributed by atoms with van der Waals surface area (Å²) in [7, 11) is 0. The summed E-state index contributed by atoms with van der Waals surface area (Å²) in [6, 6.07) is 4.76. The largest absolute Gasteiger partial charge is 0.384 e. The first-order chi connectivity index (χ1) is 8.56. The van der Waals surface area contributed by atoms with Crippen LogP contribution < -0.4 is 5.73 Å². The Hall–Kier alpha value is -0.910. The molecule has 7 heteroatoms. The summed E-state index contributed by atoms with van der Waals surface area (Å²) < 4.78 is 14.0. The molecule has 2 aromatic rings. The van der Waals surface area contributed by atoms with Crippen molar-refractivity contribution < 1.29 is 4.39 Å². The molecular formula is C11H10Cl2FN3S.